The van der Waals surface area contributed by atoms with Gasteiger partial charge in [0.15, 0.2) is 0 Å². The zero-order valence-electron chi connectivity index (χ0n) is 15.0. The third kappa shape index (κ3) is 5.20. The van der Waals surface area contributed by atoms with E-state index in [9.17, 15) is 5.26 Å². The van der Waals surface area contributed by atoms with Crippen LogP contribution in [0, 0.1) is 11.3 Å². The van der Waals surface area contributed by atoms with Crippen molar-refractivity contribution in [2.75, 3.05) is 6.61 Å². The number of ether oxygens (including phenoxy) is 1. The van der Waals surface area contributed by atoms with Crippen molar-refractivity contribution < 1.29 is 4.74 Å². The molecule has 3 rings (SSSR count). The van der Waals surface area contributed by atoms with Crippen LogP contribution in [0.4, 0.5) is 0 Å². The summed E-state index contributed by atoms with van der Waals surface area (Å²) in [5.74, 6) is 0.337. The highest BCUT2D eigenvalue weighted by Gasteiger charge is 2.14. The van der Waals surface area contributed by atoms with Crippen molar-refractivity contribution in [2.24, 2.45) is 0 Å². The standard InChI is InChI=1S/C23H18Cl3NO/c24-19-9-10-20(21(25)14-19)18(15-27)7-4-12-28-23-11-8-17(13-22(23)26)16-5-2-1-3-6-16/h1-3,5-6,8-11,13-14,18H,4,7,12H2. The van der Waals surface area contributed by atoms with Crippen molar-refractivity contribution in [3.63, 3.8) is 0 Å². The topological polar surface area (TPSA) is 33.0 Å². The Balaban J connectivity index is 1.57. The Hall–Kier alpha value is -2.18. The molecule has 0 spiro atoms. The lowest BCUT2D eigenvalue weighted by Gasteiger charge is -2.13. The number of hydrogen-bond donors (Lipinski definition) is 0. The second-order valence-electron chi connectivity index (χ2n) is 6.35. The smallest absolute Gasteiger partial charge is 0.137 e. The van der Waals surface area contributed by atoms with Crippen molar-refractivity contribution >= 4 is 34.8 Å². The van der Waals surface area contributed by atoms with E-state index < -0.39 is 0 Å². The summed E-state index contributed by atoms with van der Waals surface area (Å²) >= 11 is 18.5. The monoisotopic (exact) mass is 429 g/mol. The summed E-state index contributed by atoms with van der Waals surface area (Å²) in [5, 5.41) is 11.1. The van der Waals surface area contributed by atoms with E-state index in [1.54, 1.807) is 18.2 Å². The van der Waals surface area contributed by atoms with Gasteiger partial charge in [-0.2, -0.15) is 5.26 Å². The van der Waals surface area contributed by atoms with Gasteiger partial charge in [-0.3, -0.25) is 0 Å². The van der Waals surface area contributed by atoms with E-state index in [1.165, 1.54) is 0 Å². The van der Waals surface area contributed by atoms with Gasteiger partial charge in [0.05, 0.1) is 23.6 Å². The summed E-state index contributed by atoms with van der Waals surface area (Å²) in [6.45, 7) is 0.466. The molecular weight excluding hydrogens is 413 g/mol. The molecule has 0 heterocycles. The highest BCUT2D eigenvalue weighted by molar-refractivity contribution is 6.35. The number of nitrogens with zero attached hydrogens (tertiary/aromatic N) is 1. The van der Waals surface area contributed by atoms with Gasteiger partial charge in [-0.05, 0) is 53.8 Å². The van der Waals surface area contributed by atoms with Crippen molar-refractivity contribution in [3.05, 3.63) is 87.4 Å². The Labute approximate surface area is 180 Å². The predicted octanol–water partition coefficient (Wildman–Crippen LogP) is 7.78. The van der Waals surface area contributed by atoms with Gasteiger partial charge in [0.1, 0.15) is 5.75 Å². The molecular formula is C23H18Cl3NO. The Bertz CT molecular complexity index is 983. The second-order valence-corrected chi connectivity index (χ2v) is 7.60. The average Bonchev–Trinajstić information content (AvgIpc) is 2.70. The maximum atomic E-state index is 9.47. The molecule has 5 heteroatoms. The molecule has 0 aromatic heterocycles. The molecule has 0 radical (unpaired) electrons. The highest BCUT2D eigenvalue weighted by atomic mass is 35.5. The largest absolute Gasteiger partial charge is 0.492 e. The zero-order valence-corrected chi connectivity index (χ0v) is 17.3. The highest BCUT2D eigenvalue weighted by Crippen LogP contribution is 2.32. The van der Waals surface area contributed by atoms with E-state index in [1.807, 2.05) is 48.5 Å². The van der Waals surface area contributed by atoms with Crippen LogP contribution in [0.1, 0.15) is 24.3 Å². The van der Waals surface area contributed by atoms with Crippen LogP contribution >= 0.6 is 34.8 Å². The molecule has 3 aromatic rings. The van der Waals surface area contributed by atoms with Gasteiger partial charge < -0.3 is 4.74 Å². The minimum Gasteiger partial charge on any atom is -0.492 e. The number of benzene rings is 3. The first-order valence-corrected chi connectivity index (χ1v) is 10.0. The number of nitriles is 1. The second kappa shape index (κ2) is 9.85. The zero-order chi connectivity index (χ0) is 19.9. The number of halogens is 3. The molecule has 0 aliphatic carbocycles. The molecule has 0 aliphatic rings. The molecule has 0 saturated carbocycles. The molecule has 0 bridgehead atoms. The molecule has 28 heavy (non-hydrogen) atoms. The maximum absolute atomic E-state index is 9.47. The molecule has 0 N–H and O–H groups in total. The third-order valence-electron chi connectivity index (χ3n) is 4.43. The van der Waals surface area contributed by atoms with Crippen LogP contribution in [0.15, 0.2) is 66.7 Å². The van der Waals surface area contributed by atoms with Crippen LogP contribution in [-0.2, 0) is 0 Å². The van der Waals surface area contributed by atoms with E-state index in [0.29, 0.717) is 40.3 Å². The van der Waals surface area contributed by atoms with Crippen molar-refractivity contribution in [2.45, 2.75) is 18.8 Å². The Kier molecular flexibility index (Phi) is 7.23. The van der Waals surface area contributed by atoms with Crippen molar-refractivity contribution in [3.8, 4) is 22.9 Å². The van der Waals surface area contributed by atoms with Crippen molar-refractivity contribution in [1.82, 2.24) is 0 Å². The van der Waals surface area contributed by atoms with Gasteiger partial charge in [0.25, 0.3) is 0 Å². The van der Waals surface area contributed by atoms with Crippen LogP contribution in [0.3, 0.4) is 0 Å². The SMILES string of the molecule is N#CC(CCCOc1ccc(-c2ccccc2)cc1Cl)c1ccc(Cl)cc1Cl. The lowest BCUT2D eigenvalue weighted by molar-refractivity contribution is 0.305. The molecule has 2 nitrogen and oxygen atoms in total. The molecule has 1 atom stereocenters. The first kappa shape index (κ1) is 20.6. The maximum Gasteiger partial charge on any atom is 0.137 e. The fraction of sp³-hybridized carbons (Fsp3) is 0.174. The van der Waals surface area contributed by atoms with Gasteiger partial charge in [0.2, 0.25) is 0 Å². The quantitative estimate of drug-likeness (QED) is 0.358. The van der Waals surface area contributed by atoms with Gasteiger partial charge >= 0.3 is 0 Å². The van der Waals surface area contributed by atoms with Gasteiger partial charge in [-0.25, -0.2) is 0 Å². The Morgan fingerprint density at radius 3 is 2.32 bits per heavy atom. The third-order valence-corrected chi connectivity index (χ3v) is 5.29. The summed E-state index contributed by atoms with van der Waals surface area (Å²) in [4.78, 5) is 0. The summed E-state index contributed by atoms with van der Waals surface area (Å²) in [7, 11) is 0. The molecule has 0 saturated heterocycles. The average molecular weight is 431 g/mol. The molecule has 0 amide bonds. The summed E-state index contributed by atoms with van der Waals surface area (Å²) in [5.41, 5.74) is 2.94. The van der Waals surface area contributed by atoms with E-state index in [0.717, 1.165) is 16.7 Å². The van der Waals surface area contributed by atoms with Crippen LogP contribution in [0.25, 0.3) is 11.1 Å². The molecule has 3 aromatic carbocycles. The van der Waals surface area contributed by atoms with E-state index >= 15 is 0 Å². The van der Waals surface area contributed by atoms with E-state index in [4.69, 9.17) is 39.5 Å². The van der Waals surface area contributed by atoms with Gasteiger partial charge in [-0.15, -0.1) is 0 Å². The Morgan fingerprint density at radius 1 is 0.857 bits per heavy atom. The van der Waals surface area contributed by atoms with E-state index in [2.05, 4.69) is 6.07 Å². The summed E-state index contributed by atoms with van der Waals surface area (Å²) in [6.07, 6.45) is 1.34. The lowest BCUT2D eigenvalue weighted by Crippen LogP contribution is -2.03. The van der Waals surface area contributed by atoms with Crippen LogP contribution in [-0.4, -0.2) is 6.61 Å². The normalized spacial score (nSPS) is 11.6. The molecule has 142 valence electrons. The minimum absolute atomic E-state index is 0.302. The molecule has 0 fully saturated rings. The molecule has 0 aliphatic heterocycles. The first-order valence-electron chi connectivity index (χ1n) is 8.91. The lowest BCUT2D eigenvalue weighted by atomic mass is 9.96. The van der Waals surface area contributed by atoms with Crippen LogP contribution in [0.2, 0.25) is 15.1 Å². The Morgan fingerprint density at radius 2 is 1.64 bits per heavy atom. The fourth-order valence-electron chi connectivity index (χ4n) is 2.97. The molecule has 1 unspecified atom stereocenters. The summed E-state index contributed by atoms with van der Waals surface area (Å²) < 4.78 is 5.81. The number of rotatable bonds is 7. The first-order chi connectivity index (χ1) is 13.6. The predicted molar refractivity (Wildman–Crippen MR) is 116 cm³/mol. The summed E-state index contributed by atoms with van der Waals surface area (Å²) in [6, 6.07) is 23.3. The van der Waals surface area contributed by atoms with Gasteiger partial charge in [-0.1, -0.05) is 77.3 Å². The van der Waals surface area contributed by atoms with Crippen LogP contribution < -0.4 is 4.74 Å². The van der Waals surface area contributed by atoms with Gasteiger partial charge in [0, 0.05) is 10.0 Å². The van der Waals surface area contributed by atoms with Crippen LogP contribution in [0.5, 0.6) is 5.75 Å². The van der Waals surface area contributed by atoms with E-state index in [-0.39, 0.29) is 5.92 Å². The van der Waals surface area contributed by atoms with Crippen molar-refractivity contribution in [1.29, 1.82) is 5.26 Å². The minimum atomic E-state index is -0.302. The fourth-order valence-corrected chi connectivity index (χ4v) is 3.75. The number of hydrogen-bond acceptors (Lipinski definition) is 2.